The molecule has 1 aromatic carbocycles. The van der Waals surface area contributed by atoms with Crippen LogP contribution in [-0.2, 0) is 10.7 Å². The van der Waals surface area contributed by atoms with Gasteiger partial charge in [0.05, 0.1) is 0 Å². The molecule has 16 heavy (non-hydrogen) atoms. The van der Waals surface area contributed by atoms with Gasteiger partial charge in [0.1, 0.15) is 6.42 Å². The van der Waals surface area contributed by atoms with Crippen molar-refractivity contribution in [2.24, 2.45) is 0 Å². The zero-order valence-corrected chi connectivity index (χ0v) is 8.93. The molecule has 0 aliphatic heterocycles. The van der Waals surface area contributed by atoms with E-state index in [1.165, 1.54) is 16.7 Å². The van der Waals surface area contributed by atoms with Crippen molar-refractivity contribution < 1.29 is 18.7 Å². The average Bonchev–Trinajstić information content (AvgIpc) is 2.59. The number of hydrogen-bond donors (Lipinski definition) is 1. The minimum absolute atomic E-state index is 0.199. The number of fused-ring (bicyclic) bond motifs is 1. The van der Waals surface area contributed by atoms with Crippen LogP contribution in [0.1, 0.15) is 12.0 Å². The number of carboxylic acid groups (broad SMARTS) is 1. The van der Waals surface area contributed by atoms with Gasteiger partial charge in [0.25, 0.3) is 5.92 Å². The molecular formula is C11H8F2O2S. The van der Waals surface area contributed by atoms with Crippen LogP contribution in [-0.4, -0.2) is 11.1 Å². The molecule has 1 N–H and O–H groups in total. The third-order valence-corrected chi connectivity index (χ3v) is 3.21. The molecule has 1 heterocycles. The van der Waals surface area contributed by atoms with Gasteiger partial charge in [0.15, 0.2) is 0 Å². The highest BCUT2D eigenvalue weighted by molar-refractivity contribution is 7.17. The zero-order chi connectivity index (χ0) is 11.8. The van der Waals surface area contributed by atoms with Gasteiger partial charge in [0, 0.05) is 21.0 Å². The number of alkyl halides is 2. The van der Waals surface area contributed by atoms with Gasteiger partial charge in [0.2, 0.25) is 0 Å². The van der Waals surface area contributed by atoms with Crippen LogP contribution in [0.4, 0.5) is 8.78 Å². The van der Waals surface area contributed by atoms with Gasteiger partial charge < -0.3 is 5.11 Å². The second-order valence-electron chi connectivity index (χ2n) is 3.42. The molecule has 0 bridgehead atoms. The molecule has 0 saturated carbocycles. The molecule has 0 aliphatic rings. The summed E-state index contributed by atoms with van der Waals surface area (Å²) in [7, 11) is 0. The van der Waals surface area contributed by atoms with Crippen LogP contribution < -0.4 is 0 Å². The van der Waals surface area contributed by atoms with Crippen molar-refractivity contribution in [1.82, 2.24) is 0 Å². The molecule has 0 spiro atoms. The van der Waals surface area contributed by atoms with Crippen molar-refractivity contribution in [3.05, 3.63) is 35.2 Å². The molecule has 0 saturated heterocycles. The number of aliphatic carboxylic acids is 1. The Morgan fingerprint density at radius 2 is 2.06 bits per heavy atom. The number of carbonyl (C=O) groups is 1. The van der Waals surface area contributed by atoms with E-state index in [1.54, 1.807) is 24.3 Å². The minimum atomic E-state index is -3.31. The maximum Gasteiger partial charge on any atom is 0.309 e. The van der Waals surface area contributed by atoms with Gasteiger partial charge in [-0.25, -0.2) is 8.78 Å². The SMILES string of the molecule is O=C(O)CC(F)(F)c1csc2ccccc12. The first-order valence-electron chi connectivity index (χ1n) is 4.57. The summed E-state index contributed by atoms with van der Waals surface area (Å²) in [5.74, 6) is -4.81. The molecule has 0 unspecified atom stereocenters. The Hall–Kier alpha value is -1.49. The Labute approximate surface area is 94.1 Å². The predicted molar refractivity (Wildman–Crippen MR) is 58.0 cm³/mol. The molecule has 0 radical (unpaired) electrons. The van der Waals surface area contributed by atoms with E-state index in [2.05, 4.69) is 0 Å². The van der Waals surface area contributed by atoms with E-state index in [-0.39, 0.29) is 5.56 Å². The van der Waals surface area contributed by atoms with Crippen LogP contribution in [0.2, 0.25) is 0 Å². The quantitative estimate of drug-likeness (QED) is 0.894. The van der Waals surface area contributed by atoms with Crippen molar-refractivity contribution in [2.45, 2.75) is 12.3 Å². The van der Waals surface area contributed by atoms with Gasteiger partial charge in [-0.15, -0.1) is 11.3 Å². The Bertz CT molecular complexity index is 534. The van der Waals surface area contributed by atoms with E-state index in [9.17, 15) is 13.6 Å². The Morgan fingerprint density at radius 3 is 2.75 bits per heavy atom. The van der Waals surface area contributed by atoms with Gasteiger partial charge in [-0.1, -0.05) is 18.2 Å². The molecule has 0 fully saturated rings. The summed E-state index contributed by atoms with van der Waals surface area (Å²) in [5, 5.41) is 10.2. The van der Waals surface area contributed by atoms with Gasteiger partial charge in [-0.3, -0.25) is 4.79 Å². The molecule has 84 valence electrons. The lowest BCUT2D eigenvalue weighted by Crippen LogP contribution is -2.17. The van der Waals surface area contributed by atoms with Gasteiger partial charge in [-0.2, -0.15) is 0 Å². The number of halogens is 2. The Kier molecular flexibility index (Phi) is 2.63. The first-order valence-corrected chi connectivity index (χ1v) is 5.45. The standard InChI is InChI=1S/C11H8F2O2S/c12-11(13,5-10(14)15)8-6-16-9-4-2-1-3-7(8)9/h1-4,6H,5H2,(H,14,15). The van der Waals surface area contributed by atoms with Gasteiger partial charge >= 0.3 is 5.97 Å². The lowest BCUT2D eigenvalue weighted by atomic mass is 10.0. The lowest BCUT2D eigenvalue weighted by molar-refractivity contribution is -0.145. The van der Waals surface area contributed by atoms with E-state index in [1.807, 2.05) is 0 Å². The highest BCUT2D eigenvalue weighted by atomic mass is 32.1. The van der Waals surface area contributed by atoms with Crippen molar-refractivity contribution in [2.75, 3.05) is 0 Å². The highest BCUT2D eigenvalue weighted by Crippen LogP contribution is 2.39. The third kappa shape index (κ3) is 1.90. The summed E-state index contributed by atoms with van der Waals surface area (Å²) in [6.07, 6.45) is -1.17. The zero-order valence-electron chi connectivity index (χ0n) is 8.11. The summed E-state index contributed by atoms with van der Waals surface area (Å²) in [5.41, 5.74) is -0.199. The van der Waals surface area contributed by atoms with E-state index in [4.69, 9.17) is 5.11 Å². The maximum absolute atomic E-state index is 13.6. The van der Waals surface area contributed by atoms with Gasteiger partial charge in [-0.05, 0) is 6.07 Å². The first-order chi connectivity index (χ1) is 7.50. The number of carboxylic acids is 1. The van der Waals surface area contributed by atoms with Crippen LogP contribution in [0.25, 0.3) is 10.1 Å². The van der Waals surface area contributed by atoms with E-state index in [0.29, 0.717) is 5.39 Å². The Morgan fingerprint density at radius 1 is 1.38 bits per heavy atom. The molecule has 0 atom stereocenters. The number of rotatable bonds is 3. The fourth-order valence-electron chi connectivity index (χ4n) is 1.55. The van der Waals surface area contributed by atoms with Crippen LogP contribution in [0, 0.1) is 0 Å². The van der Waals surface area contributed by atoms with E-state index >= 15 is 0 Å². The predicted octanol–water partition coefficient (Wildman–Crippen LogP) is 3.47. The molecular weight excluding hydrogens is 234 g/mol. The molecule has 2 nitrogen and oxygen atoms in total. The second-order valence-corrected chi connectivity index (χ2v) is 4.33. The first kappa shape index (κ1) is 11.0. The smallest absolute Gasteiger partial charge is 0.309 e. The van der Waals surface area contributed by atoms with Crippen LogP contribution in [0.5, 0.6) is 0 Å². The maximum atomic E-state index is 13.6. The number of hydrogen-bond acceptors (Lipinski definition) is 2. The number of benzene rings is 1. The topological polar surface area (TPSA) is 37.3 Å². The summed E-state index contributed by atoms with van der Waals surface area (Å²) >= 11 is 1.19. The molecule has 0 aliphatic carbocycles. The largest absolute Gasteiger partial charge is 0.481 e. The summed E-state index contributed by atoms with van der Waals surface area (Å²) in [6.45, 7) is 0. The minimum Gasteiger partial charge on any atom is -0.481 e. The fraction of sp³-hybridized carbons (Fsp3) is 0.182. The molecule has 0 amide bonds. The van der Waals surface area contributed by atoms with Crippen LogP contribution >= 0.6 is 11.3 Å². The molecule has 2 rings (SSSR count). The van der Waals surface area contributed by atoms with Crippen molar-refractivity contribution in [1.29, 1.82) is 0 Å². The van der Waals surface area contributed by atoms with Crippen LogP contribution in [0.15, 0.2) is 29.6 Å². The normalized spacial score (nSPS) is 11.9. The second kappa shape index (κ2) is 3.83. The Balaban J connectivity index is 2.50. The average molecular weight is 242 g/mol. The molecule has 2 aromatic rings. The number of thiophene rings is 1. The van der Waals surface area contributed by atoms with Crippen molar-refractivity contribution >= 4 is 27.4 Å². The van der Waals surface area contributed by atoms with Crippen molar-refractivity contribution in [3.63, 3.8) is 0 Å². The molecule has 1 aromatic heterocycles. The molecule has 5 heteroatoms. The summed E-state index contributed by atoms with van der Waals surface area (Å²) in [6, 6.07) is 6.74. The fourth-order valence-corrected chi connectivity index (χ4v) is 2.55. The van der Waals surface area contributed by atoms with Crippen molar-refractivity contribution in [3.8, 4) is 0 Å². The highest BCUT2D eigenvalue weighted by Gasteiger charge is 2.36. The summed E-state index contributed by atoms with van der Waals surface area (Å²) < 4.78 is 27.9. The monoisotopic (exact) mass is 242 g/mol. The lowest BCUT2D eigenvalue weighted by Gasteiger charge is -2.12. The van der Waals surface area contributed by atoms with E-state index in [0.717, 1.165) is 4.70 Å². The third-order valence-electron chi connectivity index (χ3n) is 2.25. The summed E-state index contributed by atoms with van der Waals surface area (Å²) in [4.78, 5) is 10.4. The van der Waals surface area contributed by atoms with Crippen LogP contribution in [0.3, 0.4) is 0 Å². The van der Waals surface area contributed by atoms with E-state index < -0.39 is 18.3 Å².